The Hall–Kier alpha value is -1.47. The van der Waals surface area contributed by atoms with Gasteiger partial charge in [-0.2, -0.15) is 0 Å². The van der Waals surface area contributed by atoms with E-state index in [1.807, 2.05) is 6.07 Å². The van der Waals surface area contributed by atoms with Crippen molar-refractivity contribution in [3.05, 3.63) is 52.0 Å². The van der Waals surface area contributed by atoms with Gasteiger partial charge >= 0.3 is 0 Å². The molecule has 3 aromatic rings. The number of benzene rings is 2. The highest BCUT2D eigenvalue weighted by Gasteiger charge is 2.13. The van der Waals surface area contributed by atoms with Crippen molar-refractivity contribution in [1.82, 2.24) is 4.98 Å². The number of hydrogen-bond acceptors (Lipinski definition) is 6. The number of thiazole rings is 1. The second-order valence-electron chi connectivity index (χ2n) is 6.35. The van der Waals surface area contributed by atoms with Crippen molar-refractivity contribution in [2.24, 2.45) is 4.99 Å². The first kappa shape index (κ1) is 18.9. The van der Waals surface area contributed by atoms with E-state index in [-0.39, 0.29) is 0 Å². The van der Waals surface area contributed by atoms with Crippen molar-refractivity contribution in [2.75, 3.05) is 22.9 Å². The van der Waals surface area contributed by atoms with Gasteiger partial charge in [0.1, 0.15) is 0 Å². The quantitative estimate of drug-likeness (QED) is 0.502. The summed E-state index contributed by atoms with van der Waals surface area (Å²) >= 11 is 15.5. The van der Waals surface area contributed by atoms with Crippen LogP contribution in [0.25, 0.3) is 10.2 Å². The van der Waals surface area contributed by atoms with Crippen molar-refractivity contribution >= 4 is 72.5 Å². The molecule has 4 nitrogen and oxygen atoms in total. The van der Waals surface area contributed by atoms with E-state index in [1.54, 1.807) is 29.2 Å². The molecule has 1 atom stereocenters. The van der Waals surface area contributed by atoms with Crippen LogP contribution in [0.4, 0.5) is 10.8 Å². The Morgan fingerprint density at radius 3 is 2.67 bits per heavy atom. The molecule has 0 fully saturated rings. The molecule has 0 spiro atoms. The van der Waals surface area contributed by atoms with Crippen LogP contribution in [0.2, 0.25) is 10.0 Å². The number of aliphatic imine (C=N–C) groups is 1. The molecular formula is C19H18Cl2N4S2. The number of nitrogens with one attached hydrogen (secondary N) is 2. The third-order valence-corrected chi connectivity index (χ3v) is 6.95. The first-order chi connectivity index (χ1) is 13.1. The molecule has 2 aromatic carbocycles. The minimum atomic E-state index is 0.400. The molecule has 0 saturated heterocycles. The molecule has 0 aliphatic carbocycles. The molecule has 0 amide bonds. The van der Waals surface area contributed by atoms with Crippen molar-refractivity contribution in [1.29, 1.82) is 0 Å². The Kier molecular flexibility index (Phi) is 5.78. The van der Waals surface area contributed by atoms with Crippen molar-refractivity contribution in [3.8, 4) is 0 Å². The number of amidine groups is 1. The number of fused-ring (bicyclic) bond motifs is 1. The number of halogens is 2. The van der Waals surface area contributed by atoms with Gasteiger partial charge in [0.05, 0.1) is 26.3 Å². The SMILES string of the molecule is CC1CSC(Nc2ccc(CCNc3nc4cc(Cl)c(Cl)cc4s3)cc2)=N1. The fraction of sp³-hybridized carbons (Fsp3) is 0.263. The second kappa shape index (κ2) is 8.27. The zero-order valence-electron chi connectivity index (χ0n) is 14.6. The normalized spacial score (nSPS) is 16.6. The minimum Gasteiger partial charge on any atom is -0.361 e. The lowest BCUT2D eigenvalue weighted by Crippen LogP contribution is -2.06. The van der Waals surface area contributed by atoms with Crippen molar-refractivity contribution in [3.63, 3.8) is 0 Å². The lowest BCUT2D eigenvalue weighted by Gasteiger charge is -2.07. The molecule has 1 unspecified atom stereocenters. The molecule has 0 radical (unpaired) electrons. The fourth-order valence-electron chi connectivity index (χ4n) is 2.73. The number of aromatic nitrogens is 1. The number of anilines is 2. The van der Waals surface area contributed by atoms with Crippen molar-refractivity contribution < 1.29 is 0 Å². The maximum atomic E-state index is 6.07. The van der Waals surface area contributed by atoms with Crippen molar-refractivity contribution in [2.45, 2.75) is 19.4 Å². The molecule has 1 aliphatic heterocycles. The highest BCUT2D eigenvalue weighted by Crippen LogP contribution is 2.33. The van der Waals surface area contributed by atoms with E-state index in [1.165, 1.54) is 5.56 Å². The molecule has 2 N–H and O–H groups in total. The summed E-state index contributed by atoms with van der Waals surface area (Å²) in [5, 5.41) is 9.74. The number of nitrogens with zero attached hydrogens (tertiary/aromatic N) is 2. The van der Waals surface area contributed by atoms with Crippen LogP contribution in [0, 0.1) is 0 Å². The molecule has 4 rings (SSSR count). The topological polar surface area (TPSA) is 49.3 Å². The van der Waals surface area contributed by atoms with Gasteiger partial charge in [0.15, 0.2) is 10.3 Å². The fourth-order valence-corrected chi connectivity index (χ4v) is 4.95. The van der Waals surface area contributed by atoms with E-state index in [0.29, 0.717) is 16.1 Å². The number of rotatable bonds is 5. The molecule has 2 heterocycles. The third kappa shape index (κ3) is 4.69. The van der Waals surface area contributed by atoms with Crippen LogP contribution in [0.5, 0.6) is 0 Å². The van der Waals surface area contributed by atoms with Crippen LogP contribution < -0.4 is 10.6 Å². The third-order valence-electron chi connectivity index (χ3n) is 4.12. The molecule has 0 saturated carbocycles. The van der Waals surface area contributed by atoms with E-state index in [9.17, 15) is 0 Å². The van der Waals surface area contributed by atoms with Crippen LogP contribution in [0.3, 0.4) is 0 Å². The summed E-state index contributed by atoms with van der Waals surface area (Å²) in [6, 6.07) is 12.6. The van der Waals surface area contributed by atoms with Gasteiger partial charge < -0.3 is 10.6 Å². The molecule has 8 heteroatoms. The Labute approximate surface area is 176 Å². The average Bonchev–Trinajstić information content (AvgIpc) is 3.22. The summed E-state index contributed by atoms with van der Waals surface area (Å²) in [5.74, 6) is 1.05. The Morgan fingerprint density at radius 2 is 1.93 bits per heavy atom. The van der Waals surface area contributed by atoms with Gasteiger partial charge in [-0.25, -0.2) is 4.98 Å². The lowest BCUT2D eigenvalue weighted by molar-refractivity contribution is 0.865. The molecule has 140 valence electrons. The van der Waals surface area contributed by atoms with Gasteiger partial charge in [-0.3, -0.25) is 4.99 Å². The Morgan fingerprint density at radius 1 is 1.15 bits per heavy atom. The van der Waals surface area contributed by atoms with Crippen LogP contribution in [0.1, 0.15) is 12.5 Å². The maximum Gasteiger partial charge on any atom is 0.183 e. The van der Waals surface area contributed by atoms with Gasteiger partial charge in [0.25, 0.3) is 0 Å². The van der Waals surface area contributed by atoms with Gasteiger partial charge in [0.2, 0.25) is 0 Å². The number of thioether (sulfide) groups is 1. The van der Waals surface area contributed by atoms with E-state index in [2.05, 4.69) is 51.8 Å². The second-order valence-corrected chi connectivity index (χ2v) is 9.20. The van der Waals surface area contributed by atoms with Crippen LogP contribution in [-0.2, 0) is 6.42 Å². The Balaban J connectivity index is 1.32. The molecule has 0 bridgehead atoms. The predicted molar refractivity (Wildman–Crippen MR) is 121 cm³/mol. The van der Waals surface area contributed by atoms with Gasteiger partial charge in [0, 0.05) is 18.0 Å². The van der Waals surface area contributed by atoms with E-state index in [0.717, 1.165) is 44.9 Å². The van der Waals surface area contributed by atoms with Crippen LogP contribution in [-0.4, -0.2) is 28.5 Å². The van der Waals surface area contributed by atoms with Gasteiger partial charge in [-0.1, -0.05) is 58.4 Å². The largest absolute Gasteiger partial charge is 0.361 e. The summed E-state index contributed by atoms with van der Waals surface area (Å²) in [6.07, 6.45) is 0.921. The first-order valence-corrected chi connectivity index (χ1v) is 11.2. The maximum absolute atomic E-state index is 6.07. The summed E-state index contributed by atoms with van der Waals surface area (Å²) < 4.78 is 1.03. The molecule has 1 aromatic heterocycles. The monoisotopic (exact) mass is 436 g/mol. The zero-order valence-corrected chi connectivity index (χ0v) is 17.8. The predicted octanol–water partition coefficient (Wildman–Crippen LogP) is 6.16. The zero-order chi connectivity index (χ0) is 18.8. The summed E-state index contributed by atoms with van der Waals surface area (Å²) in [6.45, 7) is 2.94. The summed E-state index contributed by atoms with van der Waals surface area (Å²) in [7, 11) is 0. The Bertz CT molecular complexity index is 946. The smallest absolute Gasteiger partial charge is 0.183 e. The van der Waals surface area contributed by atoms with Crippen LogP contribution >= 0.6 is 46.3 Å². The van der Waals surface area contributed by atoms with Crippen LogP contribution in [0.15, 0.2) is 41.4 Å². The molecular weight excluding hydrogens is 419 g/mol. The highest BCUT2D eigenvalue weighted by molar-refractivity contribution is 8.14. The first-order valence-electron chi connectivity index (χ1n) is 8.63. The highest BCUT2D eigenvalue weighted by atomic mass is 35.5. The van der Waals surface area contributed by atoms with E-state index < -0.39 is 0 Å². The molecule has 1 aliphatic rings. The van der Waals surface area contributed by atoms with Gasteiger partial charge in [-0.15, -0.1) is 0 Å². The average molecular weight is 437 g/mol. The van der Waals surface area contributed by atoms with E-state index in [4.69, 9.17) is 23.2 Å². The molecule has 27 heavy (non-hydrogen) atoms. The summed E-state index contributed by atoms with van der Waals surface area (Å²) in [4.78, 5) is 9.12. The summed E-state index contributed by atoms with van der Waals surface area (Å²) in [5.41, 5.74) is 3.22. The standard InChI is InChI=1S/C19H18Cl2N4S2/c1-11-10-26-19(23-11)24-13-4-2-12(3-5-13)6-7-22-18-25-16-8-14(20)15(21)9-17(16)27-18/h2-5,8-9,11H,6-7,10H2,1H3,(H,22,25)(H,23,24). The van der Waals surface area contributed by atoms with E-state index >= 15 is 0 Å². The number of hydrogen-bond donors (Lipinski definition) is 2. The lowest BCUT2D eigenvalue weighted by atomic mass is 10.1. The van der Waals surface area contributed by atoms with Gasteiger partial charge in [-0.05, 0) is 43.2 Å². The minimum absolute atomic E-state index is 0.400.